The molecule has 0 saturated heterocycles. The van der Waals surface area contributed by atoms with E-state index in [4.69, 9.17) is 0 Å². The lowest BCUT2D eigenvalue weighted by Gasteiger charge is -2.12. The number of benzene rings is 2. The van der Waals surface area contributed by atoms with Crippen molar-refractivity contribution in [3.05, 3.63) is 54.0 Å². The molecule has 2 aromatic heterocycles. The molecule has 0 aliphatic rings. The number of sulfone groups is 1. The maximum Gasteiger partial charge on any atom is 0.229 e. The first-order valence-electron chi connectivity index (χ1n) is 9.03. The van der Waals surface area contributed by atoms with Gasteiger partial charge in [-0.25, -0.2) is 17.8 Å². The number of halogens is 1. The van der Waals surface area contributed by atoms with E-state index >= 15 is 0 Å². The third kappa shape index (κ3) is 3.57. The first kappa shape index (κ1) is 19.8. The third-order valence-electron chi connectivity index (χ3n) is 4.67. The maximum absolute atomic E-state index is 14.0. The molecule has 0 aliphatic carbocycles. The van der Waals surface area contributed by atoms with Gasteiger partial charge in [-0.05, 0) is 30.7 Å². The Hall–Kier alpha value is -3.53. The molecule has 0 atom stereocenters. The standard InChI is InChI=1S/C20H19FN6O2S/c1-11-7-8-12(9-16(11)30(3,28)29)24-20-23-10-14(19(22-2)25-20)17-13-5-4-6-15(21)18(13)27-26-17/h4-10H,1-3H3,(H,26,27)(H2,22,23,24,25). The average Bonchev–Trinajstić information content (AvgIpc) is 3.14. The third-order valence-corrected chi connectivity index (χ3v) is 5.91. The van der Waals surface area contributed by atoms with Crippen LogP contribution >= 0.6 is 0 Å². The fourth-order valence-electron chi connectivity index (χ4n) is 3.23. The molecule has 30 heavy (non-hydrogen) atoms. The number of hydrogen-bond acceptors (Lipinski definition) is 7. The van der Waals surface area contributed by atoms with Gasteiger partial charge in [0.2, 0.25) is 5.95 Å². The smallest absolute Gasteiger partial charge is 0.229 e. The van der Waals surface area contributed by atoms with Crippen molar-refractivity contribution >= 4 is 38.2 Å². The van der Waals surface area contributed by atoms with E-state index in [0.717, 1.165) is 0 Å². The number of anilines is 3. The summed E-state index contributed by atoms with van der Waals surface area (Å²) in [6.07, 6.45) is 2.76. The molecule has 154 valence electrons. The Morgan fingerprint density at radius 3 is 2.70 bits per heavy atom. The van der Waals surface area contributed by atoms with E-state index in [1.54, 1.807) is 50.5 Å². The highest BCUT2D eigenvalue weighted by Gasteiger charge is 2.16. The molecule has 0 unspecified atom stereocenters. The van der Waals surface area contributed by atoms with E-state index in [0.29, 0.717) is 33.7 Å². The van der Waals surface area contributed by atoms with Crippen molar-refractivity contribution in [2.75, 3.05) is 23.9 Å². The molecule has 0 radical (unpaired) electrons. The molecule has 8 nitrogen and oxygen atoms in total. The molecule has 0 saturated carbocycles. The molecule has 2 heterocycles. The van der Waals surface area contributed by atoms with Gasteiger partial charge >= 0.3 is 0 Å². The van der Waals surface area contributed by atoms with E-state index in [1.807, 2.05) is 0 Å². The molecule has 4 aromatic rings. The zero-order valence-electron chi connectivity index (χ0n) is 16.5. The first-order valence-corrected chi connectivity index (χ1v) is 10.9. The summed E-state index contributed by atoms with van der Waals surface area (Å²) in [6, 6.07) is 9.75. The Labute approximate surface area is 172 Å². The summed E-state index contributed by atoms with van der Waals surface area (Å²) in [6.45, 7) is 1.74. The van der Waals surface area contributed by atoms with Gasteiger partial charge in [0.25, 0.3) is 0 Å². The summed E-state index contributed by atoms with van der Waals surface area (Å²) in [5.74, 6) is 0.362. The lowest BCUT2D eigenvalue weighted by Crippen LogP contribution is -2.05. The summed E-state index contributed by atoms with van der Waals surface area (Å²) >= 11 is 0. The van der Waals surface area contributed by atoms with Gasteiger partial charge < -0.3 is 10.6 Å². The predicted octanol–water partition coefficient (Wildman–Crippen LogP) is 3.66. The minimum atomic E-state index is -3.36. The number of hydrogen-bond donors (Lipinski definition) is 3. The number of H-pyrrole nitrogens is 1. The summed E-state index contributed by atoms with van der Waals surface area (Å²) < 4.78 is 37.9. The van der Waals surface area contributed by atoms with Crippen LogP contribution in [0.1, 0.15) is 5.56 Å². The van der Waals surface area contributed by atoms with Crippen molar-refractivity contribution in [1.82, 2.24) is 20.2 Å². The molecule has 0 aliphatic heterocycles. The van der Waals surface area contributed by atoms with E-state index in [2.05, 4.69) is 30.8 Å². The summed E-state index contributed by atoms with van der Waals surface area (Å²) in [5, 5.41) is 13.5. The van der Waals surface area contributed by atoms with Crippen LogP contribution in [0, 0.1) is 12.7 Å². The van der Waals surface area contributed by atoms with E-state index < -0.39 is 15.7 Å². The van der Waals surface area contributed by atoms with Crippen LogP contribution in [0.15, 0.2) is 47.5 Å². The second-order valence-corrected chi connectivity index (χ2v) is 8.80. The largest absolute Gasteiger partial charge is 0.372 e. The van der Waals surface area contributed by atoms with Gasteiger partial charge in [-0.2, -0.15) is 10.1 Å². The van der Waals surface area contributed by atoms with E-state index in [1.165, 1.54) is 12.3 Å². The zero-order valence-corrected chi connectivity index (χ0v) is 17.3. The Bertz CT molecular complexity index is 1370. The van der Waals surface area contributed by atoms with Crippen LogP contribution in [0.5, 0.6) is 0 Å². The van der Waals surface area contributed by atoms with Crippen molar-refractivity contribution in [1.29, 1.82) is 0 Å². The van der Waals surface area contributed by atoms with Crippen LogP contribution in [0.4, 0.5) is 21.8 Å². The minimum absolute atomic E-state index is 0.240. The molecule has 10 heteroatoms. The Morgan fingerprint density at radius 2 is 1.97 bits per heavy atom. The van der Waals surface area contributed by atoms with Crippen molar-refractivity contribution in [2.24, 2.45) is 0 Å². The van der Waals surface area contributed by atoms with Crippen molar-refractivity contribution in [2.45, 2.75) is 11.8 Å². The fourth-order valence-corrected chi connectivity index (χ4v) is 4.22. The monoisotopic (exact) mass is 426 g/mol. The Morgan fingerprint density at radius 1 is 1.17 bits per heavy atom. The number of para-hydroxylation sites is 1. The summed E-state index contributed by atoms with van der Waals surface area (Å²) in [5.41, 5.74) is 2.66. The van der Waals surface area contributed by atoms with E-state index in [9.17, 15) is 12.8 Å². The van der Waals surface area contributed by atoms with Gasteiger partial charge in [-0.1, -0.05) is 18.2 Å². The molecule has 0 amide bonds. The van der Waals surface area contributed by atoms with E-state index in [-0.39, 0.29) is 16.4 Å². The predicted molar refractivity (Wildman–Crippen MR) is 114 cm³/mol. The van der Waals surface area contributed by atoms with Gasteiger partial charge in [0.15, 0.2) is 15.7 Å². The van der Waals surface area contributed by atoms with Crippen molar-refractivity contribution in [3.8, 4) is 11.3 Å². The number of aromatic amines is 1. The number of fused-ring (bicyclic) bond motifs is 1. The zero-order chi connectivity index (χ0) is 21.5. The number of aromatic nitrogens is 4. The molecule has 2 aromatic carbocycles. The Balaban J connectivity index is 1.72. The quantitative estimate of drug-likeness (QED) is 0.446. The van der Waals surface area contributed by atoms with Gasteiger partial charge in [0.05, 0.1) is 16.2 Å². The first-order chi connectivity index (χ1) is 14.3. The van der Waals surface area contributed by atoms with Gasteiger partial charge in [0.1, 0.15) is 11.3 Å². The minimum Gasteiger partial charge on any atom is -0.372 e. The lowest BCUT2D eigenvalue weighted by atomic mass is 10.1. The summed E-state index contributed by atoms with van der Waals surface area (Å²) in [4.78, 5) is 9.03. The van der Waals surface area contributed by atoms with Crippen LogP contribution < -0.4 is 10.6 Å². The van der Waals surface area contributed by atoms with Crippen LogP contribution in [0.25, 0.3) is 22.2 Å². The maximum atomic E-state index is 14.0. The SMILES string of the molecule is CNc1nc(Nc2ccc(C)c(S(C)(=O)=O)c2)ncc1-c1[nH]nc2c(F)cccc12. The lowest BCUT2D eigenvalue weighted by molar-refractivity contribution is 0.601. The molecular formula is C20H19FN6O2S. The van der Waals surface area contributed by atoms with Crippen LogP contribution in [-0.2, 0) is 9.84 Å². The summed E-state index contributed by atoms with van der Waals surface area (Å²) in [7, 11) is -1.65. The van der Waals surface area contributed by atoms with Crippen LogP contribution in [0.2, 0.25) is 0 Å². The topological polar surface area (TPSA) is 113 Å². The number of rotatable bonds is 5. The highest BCUT2D eigenvalue weighted by atomic mass is 32.2. The second kappa shape index (κ2) is 7.38. The molecule has 3 N–H and O–H groups in total. The second-order valence-electron chi connectivity index (χ2n) is 6.82. The number of aryl methyl sites for hydroxylation is 1. The number of nitrogens with one attached hydrogen (secondary N) is 3. The van der Waals surface area contributed by atoms with Crippen molar-refractivity contribution in [3.63, 3.8) is 0 Å². The molecular weight excluding hydrogens is 407 g/mol. The van der Waals surface area contributed by atoms with Crippen LogP contribution in [0.3, 0.4) is 0 Å². The fraction of sp³-hybridized carbons (Fsp3) is 0.150. The van der Waals surface area contributed by atoms with Gasteiger partial charge in [-0.3, -0.25) is 5.10 Å². The van der Waals surface area contributed by atoms with Crippen LogP contribution in [-0.4, -0.2) is 41.9 Å². The highest BCUT2D eigenvalue weighted by molar-refractivity contribution is 7.90. The van der Waals surface area contributed by atoms with Crippen molar-refractivity contribution < 1.29 is 12.8 Å². The average molecular weight is 426 g/mol. The normalized spacial score (nSPS) is 11.6. The number of nitrogens with zero attached hydrogens (tertiary/aromatic N) is 3. The Kier molecular flexibility index (Phi) is 4.86. The highest BCUT2D eigenvalue weighted by Crippen LogP contribution is 2.32. The molecule has 0 spiro atoms. The van der Waals surface area contributed by atoms with Gasteiger partial charge in [-0.15, -0.1) is 0 Å². The molecule has 0 fully saturated rings. The molecule has 4 rings (SSSR count). The molecule has 0 bridgehead atoms. The van der Waals surface area contributed by atoms with Gasteiger partial charge in [0, 0.05) is 30.6 Å².